The third kappa shape index (κ3) is 8.54. The van der Waals surface area contributed by atoms with Gasteiger partial charge in [0.15, 0.2) is 0 Å². The van der Waals surface area contributed by atoms with Crippen LogP contribution < -0.4 is 5.19 Å². The molecule has 0 fully saturated rings. The standard InChI is InChI=1S/C35H27N2O.C18H24NSi.Ir/c1-35(2,3)28-19-12-16-24(23-13-5-4-6-14-23)32(28)37-30-21-9-8-20-29(30)36-34(37)27-18-11-17-26-25-15-7-10-22-31(25)38-33(26)27;1-14(2)11-16-12-17(15-9-7-6-8-10-15)19-13-18(16)20(3,4)5;/h4-17,19-22H,1-3H3;6-9,12-14H,11H2,1-5H3;/q2*-1;/i;11D2;. The van der Waals surface area contributed by atoms with E-state index in [1.54, 1.807) is 0 Å². The number of para-hydroxylation sites is 4. The molecule has 6 heteroatoms. The topological polar surface area (TPSA) is 43.9 Å². The molecule has 0 aliphatic carbocycles. The van der Waals surface area contributed by atoms with Gasteiger partial charge in [-0.05, 0) is 57.9 Å². The number of aromatic nitrogens is 3. The summed E-state index contributed by atoms with van der Waals surface area (Å²) < 4.78 is 25.9. The third-order valence-electron chi connectivity index (χ3n) is 10.4. The Kier molecular flexibility index (Phi) is 11.3. The Hall–Kier alpha value is -5.39. The molecule has 59 heavy (non-hydrogen) atoms. The van der Waals surface area contributed by atoms with Gasteiger partial charge in [0.25, 0.3) is 0 Å². The van der Waals surface area contributed by atoms with E-state index in [1.165, 1.54) is 16.7 Å². The van der Waals surface area contributed by atoms with Crippen molar-refractivity contribution in [3.05, 3.63) is 169 Å². The van der Waals surface area contributed by atoms with Gasteiger partial charge in [-0.3, -0.25) is 4.98 Å². The molecule has 0 aliphatic heterocycles. The minimum atomic E-state index is -1.67. The van der Waals surface area contributed by atoms with Crippen LogP contribution in [-0.4, -0.2) is 22.6 Å². The van der Waals surface area contributed by atoms with Gasteiger partial charge in [0.1, 0.15) is 5.58 Å². The summed E-state index contributed by atoms with van der Waals surface area (Å²) in [6.45, 7) is 17.4. The van der Waals surface area contributed by atoms with Crippen LogP contribution >= 0.6 is 0 Å². The minimum absolute atomic E-state index is 0. The third-order valence-corrected chi connectivity index (χ3v) is 12.4. The molecule has 299 valence electrons. The molecule has 9 aromatic rings. The van der Waals surface area contributed by atoms with Crippen LogP contribution in [0.5, 0.6) is 0 Å². The van der Waals surface area contributed by atoms with E-state index in [4.69, 9.17) is 12.1 Å². The molecule has 0 saturated carbocycles. The van der Waals surface area contributed by atoms with E-state index in [-0.39, 0.29) is 31.4 Å². The van der Waals surface area contributed by atoms with Crippen molar-refractivity contribution in [2.75, 3.05) is 0 Å². The van der Waals surface area contributed by atoms with E-state index >= 15 is 0 Å². The van der Waals surface area contributed by atoms with Crippen LogP contribution in [0, 0.1) is 18.1 Å². The van der Waals surface area contributed by atoms with E-state index in [2.05, 4.69) is 147 Å². The van der Waals surface area contributed by atoms with Gasteiger partial charge in [-0.2, -0.15) is 0 Å². The van der Waals surface area contributed by atoms with Gasteiger partial charge in [0.2, 0.25) is 0 Å². The zero-order valence-corrected chi connectivity index (χ0v) is 38.4. The van der Waals surface area contributed by atoms with Crippen molar-refractivity contribution in [1.29, 1.82) is 0 Å². The smallest absolute Gasteiger partial charge is 0.120 e. The van der Waals surface area contributed by atoms with E-state index in [1.807, 2.05) is 74.6 Å². The number of furan rings is 1. The second-order valence-corrected chi connectivity index (χ2v) is 22.3. The van der Waals surface area contributed by atoms with Crippen LogP contribution in [0.15, 0.2) is 150 Å². The quantitative estimate of drug-likeness (QED) is 0.118. The summed E-state index contributed by atoms with van der Waals surface area (Å²) in [4.78, 5) is 9.79. The Bertz CT molecular complexity index is 2960. The molecule has 0 unspecified atom stereocenters. The average molecular weight is 968 g/mol. The molecule has 6 aromatic carbocycles. The second-order valence-electron chi connectivity index (χ2n) is 17.2. The Balaban J connectivity index is 0.000000210. The summed E-state index contributed by atoms with van der Waals surface area (Å²) in [6, 6.07) is 54.1. The molecule has 9 rings (SSSR count). The molecule has 1 radical (unpaired) electrons. The molecule has 0 saturated heterocycles. The van der Waals surface area contributed by atoms with Crippen LogP contribution in [0.25, 0.3) is 72.4 Å². The summed E-state index contributed by atoms with van der Waals surface area (Å²) in [7, 11) is -1.67. The SMILES string of the molecule is CC(C)(C)c1cccc(-c2ccccc2)c1-n1c(-c2[c-]ccc3c2oc2ccccc23)nc2ccccc21.[2H]C([2H])(c1cc(-c2[c-]cccc2)ncc1[Si](C)(C)C)C(C)C.[Ir]. The summed E-state index contributed by atoms with van der Waals surface area (Å²) >= 11 is 0. The van der Waals surface area contributed by atoms with Gasteiger partial charge in [-0.25, -0.2) is 0 Å². The summed E-state index contributed by atoms with van der Waals surface area (Å²) in [6.07, 6.45) is 0.528. The molecule has 0 bridgehead atoms. The Morgan fingerprint density at radius 2 is 1.51 bits per heavy atom. The first-order valence-electron chi connectivity index (χ1n) is 21.1. The molecule has 0 spiro atoms. The Labute approximate surface area is 366 Å². The summed E-state index contributed by atoms with van der Waals surface area (Å²) in [5.74, 6) is 0.738. The number of nitrogens with zero attached hydrogens (tertiary/aromatic N) is 3. The molecule has 0 amide bonds. The van der Waals surface area contributed by atoms with Gasteiger partial charge in [0.05, 0.1) is 36.2 Å². The fourth-order valence-electron chi connectivity index (χ4n) is 7.70. The molecular formula is C53H51IrN3OSi-2. The largest absolute Gasteiger partial charge is 0.501 e. The van der Waals surface area contributed by atoms with Gasteiger partial charge in [-0.1, -0.05) is 156 Å². The maximum atomic E-state index is 8.55. The monoisotopic (exact) mass is 968 g/mol. The van der Waals surface area contributed by atoms with E-state index in [0.29, 0.717) is 0 Å². The van der Waals surface area contributed by atoms with E-state index in [9.17, 15) is 0 Å². The van der Waals surface area contributed by atoms with Crippen LogP contribution in [-0.2, 0) is 31.9 Å². The molecule has 0 atom stereocenters. The van der Waals surface area contributed by atoms with Crippen molar-refractivity contribution in [1.82, 2.24) is 14.5 Å². The van der Waals surface area contributed by atoms with E-state index in [0.717, 1.165) is 72.1 Å². The van der Waals surface area contributed by atoms with Crippen molar-refractivity contribution < 1.29 is 27.3 Å². The Morgan fingerprint density at radius 1 is 0.780 bits per heavy atom. The van der Waals surface area contributed by atoms with E-state index < -0.39 is 14.4 Å². The molecule has 4 nitrogen and oxygen atoms in total. The predicted molar refractivity (Wildman–Crippen MR) is 247 cm³/mol. The van der Waals surface area contributed by atoms with Crippen LogP contribution in [0.4, 0.5) is 0 Å². The minimum Gasteiger partial charge on any atom is -0.501 e. The number of pyridine rings is 1. The van der Waals surface area contributed by atoms with Crippen molar-refractivity contribution in [3.63, 3.8) is 0 Å². The number of fused-ring (bicyclic) bond motifs is 4. The number of rotatable bonds is 7. The molecule has 3 aromatic heterocycles. The van der Waals surface area contributed by atoms with Gasteiger partial charge >= 0.3 is 0 Å². The van der Waals surface area contributed by atoms with Crippen LogP contribution in [0.2, 0.25) is 19.6 Å². The maximum absolute atomic E-state index is 8.55. The van der Waals surface area contributed by atoms with Gasteiger partial charge in [-0.15, -0.1) is 54.1 Å². The zero-order chi connectivity index (χ0) is 42.4. The average Bonchev–Trinajstić information content (AvgIpc) is 3.82. The van der Waals surface area contributed by atoms with Crippen molar-refractivity contribution in [2.45, 2.75) is 66.0 Å². The first kappa shape index (κ1) is 39.1. The first-order valence-corrected chi connectivity index (χ1v) is 23.6. The van der Waals surface area contributed by atoms with Crippen molar-refractivity contribution in [3.8, 4) is 39.5 Å². The van der Waals surface area contributed by atoms with Crippen molar-refractivity contribution >= 4 is 46.2 Å². The fourth-order valence-corrected chi connectivity index (χ4v) is 9.10. The number of hydrogen-bond donors (Lipinski definition) is 0. The summed E-state index contributed by atoms with van der Waals surface area (Å²) in [5.41, 5.74) is 11.6. The summed E-state index contributed by atoms with van der Waals surface area (Å²) in [5, 5.41) is 3.27. The first-order chi connectivity index (χ1) is 28.6. The number of benzene rings is 6. The van der Waals surface area contributed by atoms with Crippen LogP contribution in [0.1, 0.15) is 48.5 Å². The molecule has 0 aliphatic rings. The van der Waals surface area contributed by atoms with Gasteiger partial charge < -0.3 is 14.0 Å². The molecule has 3 heterocycles. The van der Waals surface area contributed by atoms with Crippen LogP contribution in [0.3, 0.4) is 0 Å². The fraction of sp³-hybridized carbons (Fsp3) is 0.208. The Morgan fingerprint density at radius 3 is 2.24 bits per heavy atom. The number of hydrogen-bond acceptors (Lipinski definition) is 3. The maximum Gasteiger partial charge on any atom is 0.120 e. The predicted octanol–water partition coefficient (Wildman–Crippen LogP) is 13.6. The second kappa shape index (κ2) is 17.1. The van der Waals surface area contributed by atoms with Gasteiger partial charge in [0, 0.05) is 40.0 Å². The van der Waals surface area contributed by atoms with Crippen molar-refractivity contribution in [2.24, 2.45) is 5.92 Å². The zero-order valence-electron chi connectivity index (χ0n) is 37.0. The normalized spacial score (nSPS) is 12.6. The molecule has 0 N–H and O–H groups in total. The molecular weight excluding hydrogens is 915 g/mol. The number of imidazole rings is 1.